The minimum absolute atomic E-state index is 0.113. The number of H-pyrrole nitrogens is 1. The molecule has 0 amide bonds. The molecule has 3 rings (SSSR count). The number of hydrogen-bond donors (Lipinski definition) is 1. The highest BCUT2D eigenvalue weighted by Crippen LogP contribution is 2.43. The van der Waals surface area contributed by atoms with Gasteiger partial charge in [-0.15, -0.1) is 11.8 Å². The van der Waals surface area contributed by atoms with Crippen LogP contribution in [-0.4, -0.2) is 11.4 Å². The van der Waals surface area contributed by atoms with Gasteiger partial charge in [0.1, 0.15) is 0 Å². The Morgan fingerprint density at radius 3 is 2.83 bits per heavy atom. The first kappa shape index (κ1) is 11.9. The van der Waals surface area contributed by atoms with E-state index in [2.05, 4.69) is 5.16 Å². The summed E-state index contributed by atoms with van der Waals surface area (Å²) in [5, 5.41) is 3.11. The highest BCUT2D eigenvalue weighted by atomic mass is 35.5. The zero-order chi connectivity index (χ0) is 12.7. The lowest BCUT2D eigenvalue weighted by molar-refractivity contribution is 0.425. The maximum Gasteiger partial charge on any atom is 0.283 e. The molecule has 0 radical (unpaired) electrons. The van der Waals surface area contributed by atoms with E-state index in [1.54, 1.807) is 11.8 Å². The number of halogens is 1. The van der Waals surface area contributed by atoms with Gasteiger partial charge in [-0.2, -0.15) is 5.16 Å². The number of thioether (sulfide) groups is 1. The molecule has 1 aromatic carbocycles. The number of benzene rings is 1. The van der Waals surface area contributed by atoms with Crippen LogP contribution in [0.1, 0.15) is 24.3 Å². The summed E-state index contributed by atoms with van der Waals surface area (Å²) >= 11 is 7.78. The third-order valence-electron chi connectivity index (χ3n) is 3.13. The topological polar surface area (TPSA) is 46.0 Å². The quantitative estimate of drug-likeness (QED) is 0.868. The summed E-state index contributed by atoms with van der Waals surface area (Å²) in [6.45, 7) is 0. The fraction of sp³-hybridized carbons (Fsp3) is 0.308. The summed E-state index contributed by atoms with van der Waals surface area (Å²) in [5.41, 5.74) is 1.51. The van der Waals surface area contributed by atoms with Crippen molar-refractivity contribution in [1.29, 1.82) is 0 Å². The second-order valence-electron chi connectivity index (χ2n) is 4.40. The van der Waals surface area contributed by atoms with Gasteiger partial charge in [-0.1, -0.05) is 11.6 Å². The van der Waals surface area contributed by atoms with Crippen LogP contribution >= 0.6 is 23.4 Å². The van der Waals surface area contributed by atoms with Gasteiger partial charge in [-0.3, -0.25) is 4.79 Å². The lowest BCUT2D eigenvalue weighted by Crippen LogP contribution is -2.04. The standard InChI is InChI=1S/C13H12ClNO2S/c1-18-10-5-4-8(6-9(10)14)12-11(7-2-3-7)13(16)15-17-12/h4-7H,2-3H2,1H3,(H,15,16). The number of aromatic amines is 1. The van der Waals surface area contributed by atoms with E-state index in [1.165, 1.54) is 0 Å². The van der Waals surface area contributed by atoms with Crippen LogP contribution in [0.15, 0.2) is 32.4 Å². The first-order valence-corrected chi connectivity index (χ1v) is 7.36. The summed E-state index contributed by atoms with van der Waals surface area (Å²) in [6.07, 6.45) is 4.10. The largest absolute Gasteiger partial charge is 0.378 e. The number of rotatable bonds is 3. The Labute approximate surface area is 113 Å². The minimum Gasteiger partial charge on any atom is -0.378 e. The monoisotopic (exact) mass is 281 g/mol. The van der Waals surface area contributed by atoms with Crippen molar-refractivity contribution in [2.75, 3.05) is 6.26 Å². The maximum atomic E-state index is 11.7. The maximum absolute atomic E-state index is 11.7. The van der Waals surface area contributed by atoms with Crippen molar-refractivity contribution in [3.05, 3.63) is 39.1 Å². The molecule has 1 aliphatic rings. The molecule has 0 spiro atoms. The minimum atomic E-state index is -0.113. The van der Waals surface area contributed by atoms with Crippen LogP contribution in [-0.2, 0) is 0 Å². The van der Waals surface area contributed by atoms with E-state index in [0.29, 0.717) is 16.7 Å². The first-order chi connectivity index (χ1) is 8.70. The molecule has 0 unspecified atom stereocenters. The van der Waals surface area contributed by atoms with Gasteiger partial charge < -0.3 is 4.52 Å². The van der Waals surface area contributed by atoms with E-state index >= 15 is 0 Å². The number of nitrogens with one attached hydrogen (secondary N) is 1. The molecular formula is C13H12ClNO2S. The van der Waals surface area contributed by atoms with Crippen LogP contribution < -0.4 is 5.56 Å². The third kappa shape index (κ3) is 1.99. The summed E-state index contributed by atoms with van der Waals surface area (Å²) in [6, 6.07) is 5.74. The number of hydrogen-bond acceptors (Lipinski definition) is 3. The average molecular weight is 282 g/mol. The summed E-state index contributed by atoms with van der Waals surface area (Å²) in [5.74, 6) is 0.985. The van der Waals surface area contributed by atoms with Gasteiger partial charge in [0.05, 0.1) is 10.6 Å². The Morgan fingerprint density at radius 1 is 1.44 bits per heavy atom. The molecule has 0 bridgehead atoms. The zero-order valence-electron chi connectivity index (χ0n) is 9.83. The van der Waals surface area contributed by atoms with E-state index in [4.69, 9.17) is 16.1 Å². The lowest BCUT2D eigenvalue weighted by atomic mass is 10.1. The molecule has 3 nitrogen and oxygen atoms in total. The van der Waals surface area contributed by atoms with Crippen molar-refractivity contribution >= 4 is 23.4 Å². The summed E-state index contributed by atoms with van der Waals surface area (Å²) in [4.78, 5) is 12.7. The van der Waals surface area contributed by atoms with Crippen LogP contribution in [0.2, 0.25) is 5.02 Å². The van der Waals surface area contributed by atoms with E-state index < -0.39 is 0 Å². The van der Waals surface area contributed by atoms with Gasteiger partial charge in [0.2, 0.25) is 0 Å². The molecule has 0 atom stereocenters. The second-order valence-corrected chi connectivity index (χ2v) is 5.65. The first-order valence-electron chi connectivity index (χ1n) is 5.76. The molecule has 18 heavy (non-hydrogen) atoms. The smallest absolute Gasteiger partial charge is 0.283 e. The van der Waals surface area contributed by atoms with Crippen LogP contribution in [0, 0.1) is 0 Å². The van der Waals surface area contributed by atoms with Crippen LogP contribution in [0.3, 0.4) is 0 Å². The highest BCUT2D eigenvalue weighted by molar-refractivity contribution is 7.98. The molecule has 5 heteroatoms. The molecule has 1 N–H and O–H groups in total. The highest BCUT2D eigenvalue weighted by Gasteiger charge is 2.32. The predicted molar refractivity (Wildman–Crippen MR) is 73.5 cm³/mol. The van der Waals surface area contributed by atoms with Gasteiger partial charge in [-0.25, -0.2) is 0 Å². The zero-order valence-corrected chi connectivity index (χ0v) is 11.4. The Hall–Kier alpha value is -1.13. The number of aromatic nitrogens is 1. The summed E-state index contributed by atoms with van der Waals surface area (Å²) < 4.78 is 5.31. The van der Waals surface area contributed by atoms with Crippen molar-refractivity contribution in [3.8, 4) is 11.3 Å². The SMILES string of the molecule is CSc1ccc(-c2o[nH]c(=O)c2C2CC2)cc1Cl. The molecule has 2 aromatic rings. The van der Waals surface area contributed by atoms with Gasteiger partial charge in [-0.05, 0) is 43.2 Å². The van der Waals surface area contributed by atoms with E-state index in [0.717, 1.165) is 28.9 Å². The molecule has 1 aliphatic carbocycles. The molecule has 0 aliphatic heterocycles. The Morgan fingerprint density at radius 2 is 2.22 bits per heavy atom. The molecular weight excluding hydrogens is 270 g/mol. The van der Waals surface area contributed by atoms with E-state index in [-0.39, 0.29) is 5.56 Å². The van der Waals surface area contributed by atoms with Crippen molar-refractivity contribution in [2.45, 2.75) is 23.7 Å². The summed E-state index contributed by atoms with van der Waals surface area (Å²) in [7, 11) is 0. The van der Waals surface area contributed by atoms with Gasteiger partial charge in [0, 0.05) is 10.5 Å². The fourth-order valence-corrected chi connectivity index (χ4v) is 2.95. The Kier molecular flexibility index (Phi) is 2.99. The molecule has 1 saturated carbocycles. The van der Waals surface area contributed by atoms with Crippen molar-refractivity contribution in [2.24, 2.45) is 0 Å². The van der Waals surface area contributed by atoms with Crippen molar-refractivity contribution in [1.82, 2.24) is 5.16 Å². The van der Waals surface area contributed by atoms with Gasteiger partial charge in [0.25, 0.3) is 5.56 Å². The lowest BCUT2D eigenvalue weighted by Gasteiger charge is -2.03. The molecule has 1 aromatic heterocycles. The van der Waals surface area contributed by atoms with Crippen molar-refractivity contribution < 1.29 is 4.52 Å². The second kappa shape index (κ2) is 4.52. The molecule has 0 saturated heterocycles. The van der Waals surface area contributed by atoms with Crippen LogP contribution in [0.25, 0.3) is 11.3 Å². The third-order valence-corrected chi connectivity index (χ3v) is 4.36. The fourth-order valence-electron chi connectivity index (χ4n) is 2.08. The van der Waals surface area contributed by atoms with Crippen LogP contribution in [0.4, 0.5) is 0 Å². The average Bonchev–Trinajstić information content (AvgIpc) is 3.12. The van der Waals surface area contributed by atoms with E-state index in [9.17, 15) is 4.79 Å². The van der Waals surface area contributed by atoms with Gasteiger partial charge in [0.15, 0.2) is 5.76 Å². The Bertz CT molecular complexity index is 643. The van der Waals surface area contributed by atoms with E-state index in [1.807, 2.05) is 24.5 Å². The molecule has 1 fully saturated rings. The Balaban J connectivity index is 2.09. The molecule has 94 valence electrons. The van der Waals surface area contributed by atoms with Crippen molar-refractivity contribution in [3.63, 3.8) is 0 Å². The normalized spacial score (nSPS) is 15.0. The predicted octanol–water partition coefficient (Wildman–Crippen LogP) is 3.89. The van der Waals surface area contributed by atoms with Gasteiger partial charge >= 0.3 is 0 Å². The molecule has 1 heterocycles. The van der Waals surface area contributed by atoms with Crippen LogP contribution in [0.5, 0.6) is 0 Å².